The number of carbonyl (C=O) groups is 2. The zero-order valence-electron chi connectivity index (χ0n) is 11.1. The molecule has 0 fully saturated rings. The fourth-order valence-electron chi connectivity index (χ4n) is 1.18. The molecule has 0 aliphatic carbocycles. The molecule has 1 atom stereocenters. The van der Waals surface area contributed by atoms with Crippen LogP contribution in [0.3, 0.4) is 0 Å². The third kappa shape index (κ3) is 6.43. The summed E-state index contributed by atoms with van der Waals surface area (Å²) in [6.45, 7) is 11.3. The highest BCUT2D eigenvalue weighted by Crippen LogP contribution is 2.21. The van der Waals surface area contributed by atoms with Crippen LogP contribution in [-0.4, -0.2) is 24.0 Å². The first-order valence-electron chi connectivity index (χ1n) is 5.49. The van der Waals surface area contributed by atoms with E-state index in [1.165, 1.54) is 0 Å². The molecule has 0 aliphatic rings. The van der Waals surface area contributed by atoms with Crippen LogP contribution >= 0.6 is 0 Å². The molecule has 0 aromatic heterocycles. The Labute approximate surface area is 97.7 Å². The van der Waals surface area contributed by atoms with Crippen molar-refractivity contribution in [1.82, 2.24) is 5.32 Å². The van der Waals surface area contributed by atoms with Crippen molar-refractivity contribution in [3.8, 4) is 0 Å². The molecule has 0 radical (unpaired) electrons. The zero-order valence-corrected chi connectivity index (χ0v) is 11.1. The van der Waals surface area contributed by atoms with Crippen LogP contribution in [0.1, 0.15) is 48.0 Å². The predicted molar refractivity (Wildman–Crippen MR) is 63.3 cm³/mol. The summed E-state index contributed by atoms with van der Waals surface area (Å²) in [6, 6.07) is -0.208. The predicted octanol–water partition coefficient (Wildman–Crippen LogP) is 2.51. The summed E-state index contributed by atoms with van der Waals surface area (Å²) in [5.74, 6) is 0. The maximum atomic E-state index is 11.5. The first-order valence-corrected chi connectivity index (χ1v) is 5.49. The van der Waals surface area contributed by atoms with E-state index in [-0.39, 0.29) is 11.5 Å². The third-order valence-corrected chi connectivity index (χ3v) is 2.07. The molecule has 0 saturated heterocycles. The number of nitrogens with one attached hydrogen (secondary N) is 1. The summed E-state index contributed by atoms with van der Waals surface area (Å²) >= 11 is 0. The molecule has 1 unspecified atom stereocenters. The maximum Gasteiger partial charge on any atom is 0.407 e. The van der Waals surface area contributed by atoms with Crippen molar-refractivity contribution < 1.29 is 14.3 Å². The summed E-state index contributed by atoms with van der Waals surface area (Å²) in [6.07, 6.45) is 0.630. The van der Waals surface area contributed by atoms with Crippen molar-refractivity contribution in [2.45, 2.75) is 59.6 Å². The normalized spacial score (nSPS) is 14.1. The van der Waals surface area contributed by atoms with Crippen molar-refractivity contribution in [3.63, 3.8) is 0 Å². The lowest BCUT2D eigenvalue weighted by atomic mass is 9.85. The van der Waals surface area contributed by atoms with Gasteiger partial charge in [-0.15, -0.1) is 0 Å². The number of rotatable bonds is 3. The third-order valence-electron chi connectivity index (χ3n) is 2.07. The van der Waals surface area contributed by atoms with Gasteiger partial charge in [0.05, 0.1) is 0 Å². The number of hydrogen-bond donors (Lipinski definition) is 1. The second kappa shape index (κ2) is 5.32. The van der Waals surface area contributed by atoms with Crippen LogP contribution in [-0.2, 0) is 9.53 Å². The first kappa shape index (κ1) is 14.9. The van der Waals surface area contributed by atoms with Crippen molar-refractivity contribution in [2.24, 2.45) is 5.41 Å². The molecule has 94 valence electrons. The molecule has 0 aromatic carbocycles. The number of hydrogen-bond acceptors (Lipinski definition) is 3. The number of ether oxygens (including phenoxy) is 1. The van der Waals surface area contributed by atoms with Gasteiger partial charge < -0.3 is 14.8 Å². The SMILES string of the molecule is CC(C)(C)OC(=O)NC(CC=O)C(C)(C)C. The average molecular weight is 229 g/mol. The van der Waals surface area contributed by atoms with E-state index >= 15 is 0 Å². The van der Waals surface area contributed by atoms with Gasteiger partial charge in [-0.25, -0.2) is 4.79 Å². The highest BCUT2D eigenvalue weighted by Gasteiger charge is 2.27. The standard InChI is InChI=1S/C12H23NO3/c1-11(2,3)9(7-8-14)13-10(15)16-12(4,5)6/h8-9H,7H2,1-6H3,(H,13,15). The number of aldehydes is 1. The van der Waals surface area contributed by atoms with Crippen LogP contribution in [0.5, 0.6) is 0 Å². The Balaban J connectivity index is 4.42. The summed E-state index contributed by atoms with van der Waals surface area (Å²) in [5.41, 5.74) is -0.689. The monoisotopic (exact) mass is 229 g/mol. The molecular formula is C12H23NO3. The van der Waals surface area contributed by atoms with Gasteiger partial charge in [0.1, 0.15) is 11.9 Å². The molecule has 4 nitrogen and oxygen atoms in total. The second-order valence-electron chi connectivity index (χ2n) is 5.97. The molecule has 16 heavy (non-hydrogen) atoms. The highest BCUT2D eigenvalue weighted by atomic mass is 16.6. The Morgan fingerprint density at radius 2 is 1.75 bits per heavy atom. The van der Waals surface area contributed by atoms with Crippen LogP contribution in [0.4, 0.5) is 4.79 Å². The first-order chi connectivity index (χ1) is 7.06. The molecule has 1 amide bonds. The van der Waals surface area contributed by atoms with E-state index < -0.39 is 11.7 Å². The Hall–Kier alpha value is -1.06. The van der Waals surface area contributed by atoms with Crippen molar-refractivity contribution in [1.29, 1.82) is 0 Å². The molecule has 1 N–H and O–H groups in total. The van der Waals surface area contributed by atoms with Gasteiger partial charge in [-0.1, -0.05) is 20.8 Å². The molecule has 0 aromatic rings. The highest BCUT2D eigenvalue weighted by molar-refractivity contribution is 5.69. The number of carbonyl (C=O) groups excluding carboxylic acids is 2. The van der Waals surface area contributed by atoms with Gasteiger partial charge >= 0.3 is 6.09 Å². The van der Waals surface area contributed by atoms with Gasteiger partial charge in [0.25, 0.3) is 0 Å². The Bertz CT molecular complexity index is 248. The summed E-state index contributed by atoms with van der Waals surface area (Å²) < 4.78 is 5.14. The van der Waals surface area contributed by atoms with Gasteiger partial charge in [-0.2, -0.15) is 0 Å². The van der Waals surface area contributed by atoms with Gasteiger partial charge in [-0.05, 0) is 26.2 Å². The second-order valence-corrected chi connectivity index (χ2v) is 5.97. The summed E-state index contributed by atoms with van der Waals surface area (Å²) in [4.78, 5) is 22.1. The smallest absolute Gasteiger partial charge is 0.407 e. The van der Waals surface area contributed by atoms with E-state index in [1.807, 2.05) is 20.8 Å². The molecule has 0 heterocycles. The maximum absolute atomic E-state index is 11.5. The Morgan fingerprint density at radius 1 is 1.25 bits per heavy atom. The summed E-state index contributed by atoms with van der Waals surface area (Å²) in [7, 11) is 0. The minimum absolute atomic E-state index is 0.169. The topological polar surface area (TPSA) is 55.4 Å². The van der Waals surface area contributed by atoms with Gasteiger partial charge in [-0.3, -0.25) is 0 Å². The van der Waals surface area contributed by atoms with Crippen LogP contribution < -0.4 is 5.32 Å². The van der Waals surface area contributed by atoms with E-state index in [2.05, 4.69) is 5.32 Å². The summed E-state index contributed by atoms with van der Waals surface area (Å²) in [5, 5.41) is 2.72. The zero-order chi connectivity index (χ0) is 13.0. The molecule has 0 spiro atoms. The lowest BCUT2D eigenvalue weighted by molar-refractivity contribution is -0.108. The minimum atomic E-state index is -0.520. The molecule has 0 saturated carbocycles. The van der Waals surface area contributed by atoms with Crippen LogP contribution in [0, 0.1) is 5.41 Å². The Morgan fingerprint density at radius 3 is 2.06 bits per heavy atom. The van der Waals surface area contributed by atoms with E-state index in [1.54, 1.807) is 20.8 Å². The number of alkyl carbamates (subject to hydrolysis) is 1. The van der Waals surface area contributed by atoms with Gasteiger partial charge in [0.15, 0.2) is 0 Å². The van der Waals surface area contributed by atoms with Crippen LogP contribution in [0.15, 0.2) is 0 Å². The lowest BCUT2D eigenvalue weighted by Gasteiger charge is -2.31. The lowest BCUT2D eigenvalue weighted by Crippen LogP contribution is -2.45. The minimum Gasteiger partial charge on any atom is -0.444 e. The van der Waals surface area contributed by atoms with E-state index in [0.29, 0.717) is 6.42 Å². The molecular weight excluding hydrogens is 206 g/mol. The van der Waals surface area contributed by atoms with Crippen molar-refractivity contribution in [3.05, 3.63) is 0 Å². The van der Waals surface area contributed by atoms with Gasteiger partial charge in [0, 0.05) is 12.5 Å². The van der Waals surface area contributed by atoms with Crippen molar-refractivity contribution >= 4 is 12.4 Å². The fourth-order valence-corrected chi connectivity index (χ4v) is 1.18. The van der Waals surface area contributed by atoms with Gasteiger partial charge in [0.2, 0.25) is 0 Å². The molecule has 0 bridgehead atoms. The number of amides is 1. The molecule has 4 heteroatoms. The van der Waals surface area contributed by atoms with E-state index in [9.17, 15) is 9.59 Å². The quantitative estimate of drug-likeness (QED) is 0.756. The van der Waals surface area contributed by atoms with Crippen molar-refractivity contribution in [2.75, 3.05) is 0 Å². The Kier molecular flexibility index (Phi) is 4.97. The van der Waals surface area contributed by atoms with E-state index in [0.717, 1.165) is 6.29 Å². The molecule has 0 aliphatic heterocycles. The molecule has 0 rings (SSSR count). The fraction of sp³-hybridized carbons (Fsp3) is 0.833. The largest absolute Gasteiger partial charge is 0.444 e. The van der Waals surface area contributed by atoms with Crippen LogP contribution in [0.2, 0.25) is 0 Å². The van der Waals surface area contributed by atoms with Crippen LogP contribution in [0.25, 0.3) is 0 Å². The average Bonchev–Trinajstić information content (AvgIpc) is 1.97. The van der Waals surface area contributed by atoms with E-state index in [4.69, 9.17) is 4.74 Å².